The van der Waals surface area contributed by atoms with Gasteiger partial charge in [-0.1, -0.05) is 61.7 Å². The summed E-state index contributed by atoms with van der Waals surface area (Å²) < 4.78 is 0. The molecule has 1 saturated heterocycles. The van der Waals surface area contributed by atoms with E-state index < -0.39 is 0 Å². The van der Waals surface area contributed by atoms with Crippen molar-refractivity contribution in [1.29, 1.82) is 0 Å². The molecule has 31 heavy (non-hydrogen) atoms. The van der Waals surface area contributed by atoms with E-state index in [2.05, 4.69) is 84.5 Å². The zero-order valence-corrected chi connectivity index (χ0v) is 18.1. The van der Waals surface area contributed by atoms with Gasteiger partial charge >= 0.3 is 0 Å². The van der Waals surface area contributed by atoms with E-state index in [0.29, 0.717) is 0 Å². The van der Waals surface area contributed by atoms with Crippen LogP contribution in [-0.2, 0) is 0 Å². The van der Waals surface area contributed by atoms with Crippen molar-refractivity contribution in [3.8, 4) is 11.1 Å². The number of nitrogens with zero attached hydrogens (tertiary/aromatic N) is 2. The van der Waals surface area contributed by atoms with Crippen molar-refractivity contribution in [2.24, 2.45) is 5.73 Å². The maximum Gasteiger partial charge on any atom is 0.0619 e. The number of hydrogen-bond acceptors (Lipinski definition) is 4. The molecule has 3 aromatic carbocycles. The highest BCUT2D eigenvalue weighted by Gasteiger charge is 2.21. The van der Waals surface area contributed by atoms with Crippen molar-refractivity contribution in [2.75, 3.05) is 31.9 Å². The number of aryl methyl sites for hydroxylation is 1. The second kappa shape index (κ2) is 8.60. The number of nitrogens with two attached hydrogens (primary N) is 2. The van der Waals surface area contributed by atoms with Gasteiger partial charge in [0.15, 0.2) is 0 Å². The fraction of sp³-hybridized carbons (Fsp3) is 0.185. The fourth-order valence-electron chi connectivity index (χ4n) is 4.44. The van der Waals surface area contributed by atoms with E-state index in [9.17, 15) is 0 Å². The van der Waals surface area contributed by atoms with Crippen LogP contribution < -0.4 is 11.5 Å². The topological polar surface area (TPSA) is 58.5 Å². The highest BCUT2D eigenvalue weighted by molar-refractivity contribution is 5.99. The Morgan fingerprint density at radius 2 is 1.68 bits per heavy atom. The molecule has 0 atom stereocenters. The van der Waals surface area contributed by atoms with Crippen molar-refractivity contribution in [3.05, 3.63) is 96.9 Å². The number of rotatable bonds is 5. The van der Waals surface area contributed by atoms with E-state index >= 15 is 0 Å². The van der Waals surface area contributed by atoms with Crippen LogP contribution in [-0.4, -0.2) is 36.0 Å². The average molecular weight is 411 g/mol. The van der Waals surface area contributed by atoms with E-state index in [4.69, 9.17) is 11.5 Å². The predicted molar refractivity (Wildman–Crippen MR) is 133 cm³/mol. The molecule has 1 aliphatic rings. The molecule has 158 valence electrons. The fourth-order valence-corrected chi connectivity index (χ4v) is 4.44. The summed E-state index contributed by atoms with van der Waals surface area (Å²) in [6.45, 7) is 13.5. The molecule has 0 amide bonds. The monoisotopic (exact) mass is 410 g/mol. The molecule has 0 aliphatic carbocycles. The van der Waals surface area contributed by atoms with Crippen LogP contribution in [0.25, 0.3) is 27.6 Å². The number of nitrogen functional groups attached to an aromatic ring is 1. The van der Waals surface area contributed by atoms with Crippen LogP contribution in [0.2, 0.25) is 0 Å². The summed E-state index contributed by atoms with van der Waals surface area (Å²) in [7, 11) is 0. The second-order valence-electron chi connectivity index (χ2n) is 8.00. The Hall–Kier alpha value is -3.66. The maximum absolute atomic E-state index is 6.57. The van der Waals surface area contributed by atoms with Gasteiger partial charge in [-0.05, 0) is 46.5 Å². The lowest BCUT2D eigenvalue weighted by molar-refractivity contribution is 0.219. The summed E-state index contributed by atoms with van der Waals surface area (Å²) in [5.41, 5.74) is 19.9. The van der Waals surface area contributed by atoms with Gasteiger partial charge in [0.05, 0.1) is 5.70 Å². The van der Waals surface area contributed by atoms with E-state index in [1.807, 2.05) is 0 Å². The van der Waals surface area contributed by atoms with E-state index in [0.717, 1.165) is 54.4 Å². The maximum atomic E-state index is 6.57. The van der Waals surface area contributed by atoms with Crippen molar-refractivity contribution in [2.45, 2.75) is 6.92 Å². The van der Waals surface area contributed by atoms with Crippen LogP contribution >= 0.6 is 0 Å². The van der Waals surface area contributed by atoms with Crippen LogP contribution in [0.15, 0.2) is 85.7 Å². The molecule has 0 spiro atoms. The summed E-state index contributed by atoms with van der Waals surface area (Å²) in [4.78, 5) is 4.54. The first kappa shape index (κ1) is 20.6. The van der Waals surface area contributed by atoms with Crippen LogP contribution in [0.5, 0.6) is 0 Å². The van der Waals surface area contributed by atoms with Gasteiger partial charge in [0.25, 0.3) is 0 Å². The molecule has 1 fully saturated rings. The molecular weight excluding hydrogens is 380 g/mol. The lowest BCUT2D eigenvalue weighted by Gasteiger charge is -2.38. The first-order chi connectivity index (χ1) is 15.0. The van der Waals surface area contributed by atoms with Gasteiger partial charge in [0.2, 0.25) is 0 Å². The van der Waals surface area contributed by atoms with Gasteiger partial charge in [0, 0.05) is 49.3 Å². The van der Waals surface area contributed by atoms with E-state index in [1.54, 1.807) is 12.3 Å². The first-order valence-corrected chi connectivity index (χ1v) is 10.6. The van der Waals surface area contributed by atoms with Crippen molar-refractivity contribution in [1.82, 2.24) is 9.80 Å². The number of allylic oxidation sites excluding steroid dienone is 1. The van der Waals surface area contributed by atoms with Gasteiger partial charge in [-0.2, -0.15) is 0 Å². The lowest BCUT2D eigenvalue weighted by Crippen LogP contribution is -2.44. The Balaban J connectivity index is 1.65. The number of benzene rings is 3. The number of piperazine rings is 1. The van der Waals surface area contributed by atoms with Gasteiger partial charge < -0.3 is 21.3 Å². The van der Waals surface area contributed by atoms with E-state index in [1.165, 1.54) is 21.9 Å². The summed E-state index contributed by atoms with van der Waals surface area (Å²) in [6.07, 6.45) is 3.48. The molecule has 0 bridgehead atoms. The zero-order chi connectivity index (χ0) is 22.0. The Kier molecular flexibility index (Phi) is 5.72. The molecule has 0 aromatic heterocycles. The second-order valence-corrected chi connectivity index (χ2v) is 8.00. The third-order valence-corrected chi connectivity index (χ3v) is 6.17. The minimum Gasteiger partial charge on any atom is -0.403 e. The molecule has 0 radical (unpaired) electrons. The Morgan fingerprint density at radius 3 is 2.35 bits per heavy atom. The Bertz CT molecular complexity index is 1170. The van der Waals surface area contributed by atoms with Crippen LogP contribution in [0, 0.1) is 6.92 Å². The van der Waals surface area contributed by atoms with Gasteiger partial charge in [-0.15, -0.1) is 0 Å². The third-order valence-electron chi connectivity index (χ3n) is 6.17. The van der Waals surface area contributed by atoms with Crippen LogP contribution in [0.1, 0.15) is 11.1 Å². The Labute approximate surface area is 184 Å². The number of fused-ring (bicyclic) bond motifs is 1. The average Bonchev–Trinajstić information content (AvgIpc) is 2.80. The highest BCUT2D eigenvalue weighted by Crippen LogP contribution is 2.35. The third kappa shape index (κ3) is 3.89. The zero-order valence-electron chi connectivity index (χ0n) is 18.1. The molecule has 0 saturated carbocycles. The largest absolute Gasteiger partial charge is 0.403 e. The minimum atomic E-state index is 0.736. The van der Waals surface area contributed by atoms with Crippen molar-refractivity contribution in [3.63, 3.8) is 0 Å². The summed E-state index contributed by atoms with van der Waals surface area (Å²) in [6, 6.07) is 19.1. The molecule has 1 heterocycles. The first-order valence-electron chi connectivity index (χ1n) is 10.6. The van der Waals surface area contributed by atoms with Crippen LogP contribution in [0.4, 0.5) is 5.69 Å². The lowest BCUT2D eigenvalue weighted by atomic mass is 9.92. The molecule has 4 rings (SSSR count). The smallest absolute Gasteiger partial charge is 0.0619 e. The summed E-state index contributed by atoms with van der Waals surface area (Å²) >= 11 is 0. The molecule has 1 aliphatic heterocycles. The molecule has 3 aromatic rings. The minimum absolute atomic E-state index is 0.736. The number of hydrogen-bond donors (Lipinski definition) is 2. The van der Waals surface area contributed by atoms with Gasteiger partial charge in [0.1, 0.15) is 0 Å². The van der Waals surface area contributed by atoms with E-state index in [-0.39, 0.29) is 0 Å². The quantitative estimate of drug-likeness (QED) is 0.460. The van der Waals surface area contributed by atoms with Crippen molar-refractivity contribution < 1.29 is 0 Å². The summed E-state index contributed by atoms with van der Waals surface area (Å²) in [5, 5.41) is 2.47. The van der Waals surface area contributed by atoms with Gasteiger partial charge in [-0.3, -0.25) is 0 Å². The van der Waals surface area contributed by atoms with Crippen molar-refractivity contribution >= 4 is 22.2 Å². The summed E-state index contributed by atoms with van der Waals surface area (Å²) in [5.74, 6) is 0. The molecular formula is C27H30N4. The normalized spacial score (nSPS) is 14.7. The standard InChI is InChI=1S/C27H30N4/c1-4-20(3)30-13-15-31(16-14-30)26(18-28)24-12-11-22(17-25(24)29)27-19(2)9-10-21-7-5-6-8-23(21)27/h4-12,17-18H,1,3,13-16,28-29H2,2H3/b26-18+. The van der Waals surface area contributed by atoms with Gasteiger partial charge in [-0.25, -0.2) is 0 Å². The molecule has 0 unspecified atom stereocenters. The van der Waals surface area contributed by atoms with Crippen LogP contribution in [0.3, 0.4) is 0 Å². The molecule has 4 N–H and O–H groups in total. The Morgan fingerprint density at radius 1 is 0.968 bits per heavy atom. The highest BCUT2D eigenvalue weighted by atomic mass is 15.3. The predicted octanol–water partition coefficient (Wildman–Crippen LogP) is 4.97. The molecule has 4 nitrogen and oxygen atoms in total. The molecule has 4 heteroatoms. The SMILES string of the molecule is C=CC(=C)N1CCN(/C(=C/N)c2ccc(-c3c(C)ccc4ccccc34)cc2N)CC1. The number of anilines is 1.